The number of thioether (sulfide) groups is 2. The van der Waals surface area contributed by atoms with E-state index >= 15 is 0 Å². The van der Waals surface area contributed by atoms with E-state index in [4.69, 9.17) is 17.5 Å². The Bertz CT molecular complexity index is 3170. The van der Waals surface area contributed by atoms with Gasteiger partial charge >= 0.3 is 0 Å². The molecule has 3 aliphatic carbocycles. The summed E-state index contributed by atoms with van der Waals surface area (Å²) in [6.45, 7) is 18.7. The molecule has 3 aromatic carbocycles. The highest BCUT2D eigenvalue weighted by molar-refractivity contribution is 8.22. The first-order chi connectivity index (χ1) is 39.3. The average molecular weight is 1180 g/mol. The molecular weight excluding hydrogens is 1090 g/mol. The minimum absolute atomic E-state index is 0.0768. The van der Waals surface area contributed by atoms with Crippen LogP contribution in [0.4, 0.5) is 0 Å². The summed E-state index contributed by atoms with van der Waals surface area (Å²) < 4.78 is 22.7. The molecule has 0 spiro atoms. The van der Waals surface area contributed by atoms with Gasteiger partial charge in [0.15, 0.2) is 0 Å². The van der Waals surface area contributed by atoms with Gasteiger partial charge in [0.05, 0.1) is 33.2 Å². The van der Waals surface area contributed by atoms with Gasteiger partial charge in [0.1, 0.15) is 22.1 Å². The monoisotopic (exact) mass is 1180 g/mol. The van der Waals surface area contributed by atoms with Crippen LogP contribution in [0.5, 0.6) is 0 Å². The maximum absolute atomic E-state index is 5.50. The highest BCUT2D eigenvalue weighted by Gasteiger charge is 2.50. The topological polar surface area (TPSA) is 51.6 Å². The summed E-state index contributed by atoms with van der Waals surface area (Å²) >= 11 is 11.1. The molecule has 0 bridgehead atoms. The lowest BCUT2D eigenvalue weighted by Gasteiger charge is -2.35. The molecule has 4 aromatic heterocycles. The van der Waals surface area contributed by atoms with Crippen LogP contribution in [0, 0.1) is 13.8 Å². The summed E-state index contributed by atoms with van der Waals surface area (Å²) in [5.74, 6) is 2.30. The second-order valence-electron chi connectivity index (χ2n) is 24.4. The Morgan fingerprint density at radius 2 is 0.787 bits per heavy atom. The Morgan fingerprint density at radius 3 is 1.27 bits per heavy atom. The smallest absolute Gasteiger partial charge is 0.114 e. The van der Waals surface area contributed by atoms with Gasteiger partial charge in [0.25, 0.3) is 0 Å². The van der Waals surface area contributed by atoms with Crippen LogP contribution in [-0.2, 0) is 10.8 Å². The van der Waals surface area contributed by atoms with Crippen LogP contribution in [-0.4, -0.2) is 29.0 Å². The van der Waals surface area contributed by atoms with Gasteiger partial charge < -0.3 is 0 Å². The number of hydrogen-bond donors (Lipinski definition) is 0. The number of thiophene rings is 2. The minimum atomic E-state index is -0.139. The summed E-state index contributed by atoms with van der Waals surface area (Å²) in [6, 6.07) is 16.0. The van der Waals surface area contributed by atoms with Gasteiger partial charge in [-0.1, -0.05) is 202 Å². The number of rotatable bonds is 35. The van der Waals surface area contributed by atoms with Crippen LogP contribution in [0.15, 0.2) is 40.6 Å². The van der Waals surface area contributed by atoms with Gasteiger partial charge in [-0.3, -0.25) is 0 Å². The van der Waals surface area contributed by atoms with Crippen LogP contribution in [0.1, 0.15) is 278 Å². The van der Waals surface area contributed by atoms with Crippen LogP contribution < -0.4 is 0 Å². The Kier molecular flexibility index (Phi) is 21.4. The van der Waals surface area contributed by atoms with Crippen molar-refractivity contribution in [1.29, 1.82) is 0 Å². The van der Waals surface area contributed by atoms with E-state index in [1.54, 1.807) is 22.3 Å². The van der Waals surface area contributed by atoms with Gasteiger partial charge in [-0.15, -0.1) is 46.2 Å². The fourth-order valence-electron chi connectivity index (χ4n) is 14.5. The van der Waals surface area contributed by atoms with Gasteiger partial charge in [0.2, 0.25) is 0 Å². The second kappa shape index (κ2) is 28.4. The fraction of sp³-hybridized carbons (Fsp3) is 0.600. The Morgan fingerprint density at radius 1 is 0.388 bits per heavy atom. The Balaban J connectivity index is 1.19. The normalized spacial score (nSPS) is 14.4. The lowest BCUT2D eigenvalue weighted by Crippen LogP contribution is -2.27. The van der Waals surface area contributed by atoms with E-state index in [2.05, 4.69) is 115 Å². The maximum atomic E-state index is 5.50. The number of aromatic nitrogens is 4. The first-order valence-electron chi connectivity index (χ1n) is 32.3. The van der Waals surface area contributed by atoms with E-state index in [9.17, 15) is 0 Å². The molecule has 80 heavy (non-hydrogen) atoms. The van der Waals surface area contributed by atoms with Crippen molar-refractivity contribution in [2.24, 2.45) is 0 Å². The molecule has 0 radical (unpaired) electrons. The summed E-state index contributed by atoms with van der Waals surface area (Å²) in [5, 5.41) is 0. The minimum Gasteiger partial charge on any atom is -0.173 e. The molecule has 10 heteroatoms. The number of hydrogen-bond acceptors (Lipinski definition) is 10. The molecule has 0 amide bonds. The van der Waals surface area contributed by atoms with Crippen molar-refractivity contribution in [2.45, 2.75) is 259 Å². The second-order valence-corrected chi connectivity index (χ2v) is 30.2. The highest BCUT2D eigenvalue weighted by Crippen LogP contribution is 2.64. The Labute approximate surface area is 508 Å². The van der Waals surface area contributed by atoms with E-state index in [0.717, 1.165) is 33.6 Å². The molecule has 0 saturated carbocycles. The zero-order valence-corrected chi connectivity index (χ0v) is 55.2. The predicted molar refractivity (Wildman–Crippen MR) is 360 cm³/mol. The molecule has 3 aliphatic rings. The van der Waals surface area contributed by atoms with Crippen LogP contribution >= 0.6 is 69.7 Å². The Hall–Kier alpha value is -2.86. The molecule has 0 atom stereocenters. The van der Waals surface area contributed by atoms with Gasteiger partial charge in [-0.05, 0) is 133 Å². The van der Waals surface area contributed by atoms with E-state index in [1.807, 2.05) is 22.7 Å². The van der Waals surface area contributed by atoms with E-state index in [-0.39, 0.29) is 10.8 Å². The standard InChI is InChI=1S/C70H94N4S6/c1-9-15-19-23-27-31-35-69(36-32-28-24-20-16-10-2)54-44-50-55(43-49(54)60-56(69)41-47(7)62-64(60)73-79-71-62)70(37-33-29-25-21-17-11-3,38-34-30-26-22-18-12-4)57-45-51(63-65(61(50)57)74-80-72-63)58-46-53-59(68(75-39-13-5)76-40-14-6)52-42-48(8)77-66(52)67(53)78-58/h41-46H,9-40H2,1-8H3. The van der Waals surface area contributed by atoms with Crippen molar-refractivity contribution >= 4 is 97.3 Å². The zero-order valence-electron chi connectivity index (χ0n) is 50.3. The molecule has 430 valence electrons. The predicted octanol–water partition coefficient (Wildman–Crippen LogP) is 24.6. The first kappa shape index (κ1) is 60.3. The highest BCUT2D eigenvalue weighted by atomic mass is 32.2. The van der Waals surface area contributed by atoms with Gasteiger partial charge in [0, 0.05) is 58.2 Å². The summed E-state index contributed by atoms with van der Waals surface area (Å²) in [5.41, 5.74) is 23.3. The maximum Gasteiger partial charge on any atom is 0.114 e. The number of aryl methyl sites for hydroxylation is 2. The van der Waals surface area contributed by atoms with E-state index < -0.39 is 0 Å². The molecule has 0 unspecified atom stereocenters. The van der Waals surface area contributed by atoms with E-state index in [1.165, 1.54) is 290 Å². The van der Waals surface area contributed by atoms with E-state index in [0.29, 0.717) is 0 Å². The number of fused-ring (bicyclic) bond motifs is 13. The number of nitrogens with zero attached hydrogens (tertiary/aromatic N) is 4. The summed E-state index contributed by atoms with van der Waals surface area (Å²) in [7, 11) is 0. The third kappa shape index (κ3) is 12.0. The third-order valence-electron chi connectivity index (χ3n) is 18.5. The molecule has 0 N–H and O–H groups in total. The molecular formula is C70H94N4S6. The van der Waals surface area contributed by atoms with Crippen molar-refractivity contribution in [3.05, 3.63) is 84.5 Å². The van der Waals surface area contributed by atoms with Crippen molar-refractivity contribution in [2.75, 3.05) is 11.5 Å². The SMILES string of the molecule is CCCCCCCCC1(CCCCCCCC)c2cc3c(cc2-c2c1cc(C)c1nsnc21)C(CCCCCCCC)(CCCCCCCC)c1cc(-c2cc4c(s2)-c2sc(C)cc2C4=C(SCCC)SCCC)c2nsnc2c1-3. The summed E-state index contributed by atoms with van der Waals surface area (Å²) in [4.78, 5) is 5.69. The van der Waals surface area contributed by atoms with Crippen molar-refractivity contribution in [3.63, 3.8) is 0 Å². The average Bonchev–Trinajstić information content (AvgIpc) is 4.48. The van der Waals surface area contributed by atoms with Crippen LogP contribution in [0.2, 0.25) is 0 Å². The largest absolute Gasteiger partial charge is 0.173 e. The molecule has 0 aliphatic heterocycles. The zero-order chi connectivity index (χ0) is 55.6. The molecule has 7 aromatic rings. The number of benzene rings is 3. The van der Waals surface area contributed by atoms with Crippen molar-refractivity contribution in [3.8, 4) is 42.4 Å². The lowest BCUT2D eigenvalue weighted by molar-refractivity contribution is 0.394. The lowest BCUT2D eigenvalue weighted by atomic mass is 9.68. The quantitative estimate of drug-likeness (QED) is 0.0369. The number of unbranched alkanes of at least 4 members (excludes halogenated alkanes) is 20. The molecule has 4 nitrogen and oxygen atoms in total. The molecule has 0 fully saturated rings. The third-order valence-corrected chi connectivity index (χ3v) is 24.8. The van der Waals surface area contributed by atoms with Crippen LogP contribution in [0.25, 0.3) is 70.1 Å². The molecule has 10 rings (SSSR count). The van der Waals surface area contributed by atoms with Crippen LogP contribution in [0.3, 0.4) is 0 Å². The fourth-order valence-corrected chi connectivity index (χ4v) is 20.3. The molecule has 4 heterocycles. The summed E-state index contributed by atoms with van der Waals surface area (Å²) in [6.07, 6.45) is 38.4. The van der Waals surface area contributed by atoms with Crippen molar-refractivity contribution < 1.29 is 0 Å². The first-order valence-corrected chi connectivity index (χ1v) is 37.4. The van der Waals surface area contributed by atoms with Gasteiger partial charge in [-0.2, -0.15) is 17.5 Å². The van der Waals surface area contributed by atoms with Crippen molar-refractivity contribution in [1.82, 2.24) is 17.5 Å². The molecule has 0 saturated heterocycles. The van der Waals surface area contributed by atoms with Gasteiger partial charge in [-0.25, -0.2) is 0 Å².